The number of thioether (sulfide) groups is 1. The number of amides is 3. The van der Waals surface area contributed by atoms with Gasteiger partial charge in [0.2, 0.25) is 5.91 Å². The van der Waals surface area contributed by atoms with Gasteiger partial charge >= 0.3 is 0 Å². The number of carbonyl (C=O) groups excluding carboxylic acids is 3. The third kappa shape index (κ3) is 6.08. The van der Waals surface area contributed by atoms with Crippen molar-refractivity contribution in [3.8, 4) is 11.5 Å². The number of hydrogen-bond acceptors (Lipinski definition) is 6. The number of methoxy groups -OCH3 is 1. The fourth-order valence-corrected chi connectivity index (χ4v) is 4.49. The molecule has 3 aromatic rings. The molecule has 0 atom stereocenters. The number of rotatable bonds is 8. The Labute approximate surface area is 218 Å². The fourth-order valence-electron chi connectivity index (χ4n) is 3.48. The summed E-state index contributed by atoms with van der Waals surface area (Å²) < 4.78 is 11.3. The molecule has 0 saturated carbocycles. The Balaban J connectivity index is 1.43. The first kappa shape index (κ1) is 25.3. The first-order chi connectivity index (χ1) is 17.3. The molecule has 1 fully saturated rings. The highest BCUT2D eigenvalue weighted by molar-refractivity contribution is 8.18. The smallest absolute Gasteiger partial charge is 0.294 e. The summed E-state index contributed by atoms with van der Waals surface area (Å²) in [5.41, 5.74) is 3.01. The molecule has 4 rings (SSSR count). The third-order valence-electron chi connectivity index (χ3n) is 5.37. The van der Waals surface area contributed by atoms with Crippen molar-refractivity contribution in [3.05, 3.63) is 93.3 Å². The Morgan fingerprint density at radius 2 is 1.83 bits per heavy atom. The number of anilines is 1. The van der Waals surface area contributed by atoms with E-state index in [0.717, 1.165) is 27.8 Å². The predicted molar refractivity (Wildman–Crippen MR) is 141 cm³/mol. The lowest BCUT2D eigenvalue weighted by atomic mass is 10.1. The molecular weight excluding hydrogens is 500 g/mol. The fraction of sp³-hybridized carbons (Fsp3) is 0.148. The summed E-state index contributed by atoms with van der Waals surface area (Å²) in [7, 11) is 1.53. The summed E-state index contributed by atoms with van der Waals surface area (Å²) in [6.07, 6.45) is 1.59. The van der Waals surface area contributed by atoms with E-state index < -0.39 is 23.6 Å². The normalized spacial score (nSPS) is 14.3. The first-order valence-electron chi connectivity index (χ1n) is 11.0. The summed E-state index contributed by atoms with van der Waals surface area (Å²) in [6.45, 7) is 1.80. The molecule has 0 aliphatic carbocycles. The van der Waals surface area contributed by atoms with Crippen LogP contribution in [0.2, 0.25) is 5.02 Å². The molecule has 0 aromatic heterocycles. The number of ether oxygens (including phenoxy) is 2. The van der Waals surface area contributed by atoms with Gasteiger partial charge in [-0.15, -0.1) is 0 Å². The molecule has 3 aromatic carbocycles. The minimum atomic E-state index is -0.536. The van der Waals surface area contributed by atoms with Crippen molar-refractivity contribution < 1.29 is 23.9 Å². The van der Waals surface area contributed by atoms with E-state index in [0.29, 0.717) is 34.4 Å². The van der Waals surface area contributed by atoms with Crippen LogP contribution in [-0.2, 0) is 16.2 Å². The van der Waals surface area contributed by atoms with E-state index in [1.165, 1.54) is 7.11 Å². The molecule has 1 heterocycles. The lowest BCUT2D eigenvalue weighted by Crippen LogP contribution is -2.36. The summed E-state index contributed by atoms with van der Waals surface area (Å²) in [4.78, 5) is 39.0. The maximum atomic E-state index is 12.9. The van der Waals surface area contributed by atoms with Crippen molar-refractivity contribution in [2.75, 3.05) is 19.0 Å². The molecule has 0 spiro atoms. The predicted octanol–water partition coefficient (Wildman–Crippen LogP) is 5.91. The van der Waals surface area contributed by atoms with Crippen molar-refractivity contribution in [3.63, 3.8) is 0 Å². The number of carbonyl (C=O) groups is 3. The van der Waals surface area contributed by atoms with Crippen LogP contribution in [0.1, 0.15) is 16.7 Å². The number of aryl methyl sites for hydroxylation is 1. The number of halogens is 1. The Hall–Kier alpha value is -3.75. The minimum Gasteiger partial charge on any atom is -0.493 e. The van der Waals surface area contributed by atoms with Crippen LogP contribution < -0.4 is 14.8 Å². The number of benzene rings is 3. The van der Waals surface area contributed by atoms with E-state index in [9.17, 15) is 14.4 Å². The van der Waals surface area contributed by atoms with Gasteiger partial charge in [-0.3, -0.25) is 19.3 Å². The van der Waals surface area contributed by atoms with Gasteiger partial charge in [0.1, 0.15) is 13.2 Å². The van der Waals surface area contributed by atoms with Gasteiger partial charge in [-0.1, -0.05) is 54.1 Å². The Morgan fingerprint density at radius 3 is 2.58 bits per heavy atom. The van der Waals surface area contributed by atoms with Gasteiger partial charge in [0.15, 0.2) is 11.5 Å². The van der Waals surface area contributed by atoms with Crippen LogP contribution in [0, 0.1) is 6.92 Å². The monoisotopic (exact) mass is 522 g/mol. The van der Waals surface area contributed by atoms with Gasteiger partial charge in [-0.05, 0) is 65.7 Å². The van der Waals surface area contributed by atoms with Crippen LogP contribution in [0.5, 0.6) is 11.5 Å². The van der Waals surface area contributed by atoms with Gasteiger partial charge in [0.25, 0.3) is 11.1 Å². The zero-order valence-electron chi connectivity index (χ0n) is 19.6. The molecule has 184 valence electrons. The van der Waals surface area contributed by atoms with E-state index in [1.807, 2.05) is 37.3 Å². The van der Waals surface area contributed by atoms with E-state index in [-0.39, 0.29) is 4.91 Å². The second kappa shape index (κ2) is 11.3. The Kier molecular flexibility index (Phi) is 7.97. The van der Waals surface area contributed by atoms with Crippen LogP contribution >= 0.6 is 23.4 Å². The zero-order chi connectivity index (χ0) is 25.7. The molecule has 1 aliphatic heterocycles. The highest BCUT2D eigenvalue weighted by atomic mass is 35.5. The summed E-state index contributed by atoms with van der Waals surface area (Å²) in [6, 6.07) is 20.1. The molecule has 1 saturated heterocycles. The summed E-state index contributed by atoms with van der Waals surface area (Å²) in [5, 5.41) is 2.65. The molecule has 1 aliphatic rings. The number of nitrogens with zero attached hydrogens (tertiary/aromatic N) is 1. The molecule has 0 bridgehead atoms. The SMILES string of the molecule is COc1cc(/C=C2/SC(=O)N(CC(=O)Nc3cc(Cl)ccc3C)C2=O)ccc1OCc1ccccc1. The average Bonchev–Trinajstić information content (AvgIpc) is 3.13. The highest BCUT2D eigenvalue weighted by Gasteiger charge is 2.36. The first-order valence-corrected chi connectivity index (χ1v) is 12.2. The van der Waals surface area contributed by atoms with Crippen molar-refractivity contribution >= 4 is 52.2 Å². The lowest BCUT2D eigenvalue weighted by Gasteiger charge is -2.14. The lowest BCUT2D eigenvalue weighted by molar-refractivity contribution is -0.127. The van der Waals surface area contributed by atoms with Crippen molar-refractivity contribution in [2.45, 2.75) is 13.5 Å². The van der Waals surface area contributed by atoms with E-state index in [1.54, 1.807) is 42.5 Å². The maximum absolute atomic E-state index is 12.9. The number of imide groups is 1. The molecule has 3 amide bonds. The van der Waals surface area contributed by atoms with Gasteiger partial charge in [-0.25, -0.2) is 0 Å². The highest BCUT2D eigenvalue weighted by Crippen LogP contribution is 2.35. The molecular formula is C27H23ClN2O5S. The number of nitrogens with one attached hydrogen (secondary N) is 1. The third-order valence-corrected chi connectivity index (χ3v) is 6.51. The van der Waals surface area contributed by atoms with Crippen molar-refractivity contribution in [1.29, 1.82) is 0 Å². The van der Waals surface area contributed by atoms with E-state index in [2.05, 4.69) is 5.32 Å². The second-order valence-electron chi connectivity index (χ2n) is 7.96. The molecule has 1 N–H and O–H groups in total. The Morgan fingerprint density at radius 1 is 1.06 bits per heavy atom. The van der Waals surface area contributed by atoms with Crippen LogP contribution in [0.25, 0.3) is 6.08 Å². The zero-order valence-corrected chi connectivity index (χ0v) is 21.2. The minimum absolute atomic E-state index is 0.215. The average molecular weight is 523 g/mol. The van der Waals surface area contributed by atoms with Gasteiger partial charge in [0.05, 0.1) is 12.0 Å². The Bertz CT molecular complexity index is 1340. The largest absolute Gasteiger partial charge is 0.493 e. The van der Waals surface area contributed by atoms with Crippen molar-refractivity contribution in [2.24, 2.45) is 0 Å². The molecule has 36 heavy (non-hydrogen) atoms. The maximum Gasteiger partial charge on any atom is 0.294 e. The number of hydrogen-bond donors (Lipinski definition) is 1. The molecule has 9 heteroatoms. The molecule has 0 radical (unpaired) electrons. The van der Waals surface area contributed by atoms with Crippen LogP contribution in [0.4, 0.5) is 10.5 Å². The van der Waals surface area contributed by atoms with Gasteiger partial charge in [-0.2, -0.15) is 0 Å². The van der Waals surface area contributed by atoms with Crippen LogP contribution in [0.3, 0.4) is 0 Å². The standard InChI is InChI=1S/C27H23ClN2O5S/c1-17-8-10-20(28)14-21(17)29-25(31)15-30-26(32)24(36-27(30)33)13-19-9-11-22(23(12-19)34-2)35-16-18-6-4-3-5-7-18/h3-14H,15-16H2,1-2H3,(H,29,31)/b24-13+. The summed E-state index contributed by atoms with van der Waals surface area (Å²) >= 11 is 6.77. The van der Waals surface area contributed by atoms with E-state index in [4.69, 9.17) is 21.1 Å². The van der Waals surface area contributed by atoms with Gasteiger partial charge < -0.3 is 14.8 Å². The summed E-state index contributed by atoms with van der Waals surface area (Å²) in [5.74, 6) is 0.0200. The second-order valence-corrected chi connectivity index (χ2v) is 9.39. The topological polar surface area (TPSA) is 84.9 Å². The van der Waals surface area contributed by atoms with Gasteiger partial charge in [0, 0.05) is 10.7 Å². The quantitative estimate of drug-likeness (QED) is 0.370. The molecule has 7 nitrogen and oxygen atoms in total. The molecule has 0 unspecified atom stereocenters. The van der Waals surface area contributed by atoms with Crippen LogP contribution in [0.15, 0.2) is 71.6 Å². The van der Waals surface area contributed by atoms with E-state index >= 15 is 0 Å². The van der Waals surface area contributed by atoms with Crippen molar-refractivity contribution in [1.82, 2.24) is 4.90 Å². The van der Waals surface area contributed by atoms with Crippen LogP contribution in [-0.4, -0.2) is 35.6 Å².